The lowest BCUT2D eigenvalue weighted by Gasteiger charge is -2.12. The molecule has 0 unspecified atom stereocenters. The smallest absolute Gasteiger partial charge is 0.161 e. The minimum atomic E-state index is 0.550. The number of thiophene rings is 1. The van der Waals surface area contributed by atoms with Gasteiger partial charge in [0.05, 0.1) is 18.9 Å². The molecule has 4 nitrogen and oxygen atoms in total. The molecule has 21 heavy (non-hydrogen) atoms. The third-order valence-electron chi connectivity index (χ3n) is 3.10. The van der Waals surface area contributed by atoms with Crippen molar-refractivity contribution in [3.8, 4) is 28.0 Å². The standard InChI is InChI=1S/C16H18N2O2S/c1-4-19-12-7-6-11(8-13(12)20-5-2)16-10(3)15(18)14(9-17)21-16/h6-8H,4-5,18H2,1-3H3. The Balaban J connectivity index is 2.50. The van der Waals surface area contributed by atoms with Crippen molar-refractivity contribution in [3.63, 3.8) is 0 Å². The molecule has 2 aromatic rings. The lowest BCUT2D eigenvalue weighted by molar-refractivity contribution is 0.288. The minimum absolute atomic E-state index is 0.550. The van der Waals surface area contributed by atoms with Gasteiger partial charge in [-0.05, 0) is 50.1 Å². The van der Waals surface area contributed by atoms with Crippen molar-refractivity contribution in [2.24, 2.45) is 0 Å². The van der Waals surface area contributed by atoms with Crippen molar-refractivity contribution in [2.75, 3.05) is 18.9 Å². The first-order valence-corrected chi connectivity index (χ1v) is 7.62. The molecule has 0 spiro atoms. The van der Waals surface area contributed by atoms with E-state index in [1.54, 1.807) is 0 Å². The van der Waals surface area contributed by atoms with Gasteiger partial charge in [0.25, 0.3) is 0 Å². The highest BCUT2D eigenvalue weighted by atomic mass is 32.1. The Morgan fingerprint density at radius 1 is 1.19 bits per heavy atom. The van der Waals surface area contributed by atoms with Crippen LogP contribution in [0.25, 0.3) is 10.4 Å². The molecule has 110 valence electrons. The summed E-state index contributed by atoms with van der Waals surface area (Å²) in [6.45, 7) is 6.96. The summed E-state index contributed by atoms with van der Waals surface area (Å²) >= 11 is 1.40. The van der Waals surface area contributed by atoms with Crippen LogP contribution in [-0.2, 0) is 0 Å². The van der Waals surface area contributed by atoms with Crippen LogP contribution in [0.3, 0.4) is 0 Å². The second-order valence-corrected chi connectivity index (χ2v) is 5.46. The van der Waals surface area contributed by atoms with Crippen molar-refractivity contribution in [1.29, 1.82) is 5.26 Å². The molecule has 2 N–H and O–H groups in total. The predicted octanol–water partition coefficient (Wildman–Crippen LogP) is 3.97. The monoisotopic (exact) mass is 302 g/mol. The third-order valence-corrected chi connectivity index (χ3v) is 4.36. The summed E-state index contributed by atoms with van der Waals surface area (Å²) in [5.74, 6) is 1.44. The molecule has 0 saturated carbocycles. The summed E-state index contributed by atoms with van der Waals surface area (Å²) in [5.41, 5.74) is 8.43. The van der Waals surface area contributed by atoms with E-state index in [1.165, 1.54) is 11.3 Å². The van der Waals surface area contributed by atoms with Gasteiger partial charge in [-0.1, -0.05) is 0 Å². The molecule has 0 aliphatic rings. The number of hydrogen-bond acceptors (Lipinski definition) is 5. The molecule has 0 radical (unpaired) electrons. The fourth-order valence-electron chi connectivity index (χ4n) is 2.08. The number of nitrogens with zero attached hydrogens (tertiary/aromatic N) is 1. The molecule has 0 saturated heterocycles. The second kappa shape index (κ2) is 6.51. The van der Waals surface area contributed by atoms with Crippen LogP contribution in [0.15, 0.2) is 18.2 Å². The Kier molecular flexibility index (Phi) is 4.71. The quantitative estimate of drug-likeness (QED) is 0.907. The Labute approximate surface area is 128 Å². The number of nitrogens with two attached hydrogens (primary N) is 1. The lowest BCUT2D eigenvalue weighted by atomic mass is 10.1. The number of nitriles is 1. The molecular weight excluding hydrogens is 284 g/mol. The Morgan fingerprint density at radius 2 is 1.86 bits per heavy atom. The van der Waals surface area contributed by atoms with Crippen LogP contribution in [0.2, 0.25) is 0 Å². The predicted molar refractivity (Wildman–Crippen MR) is 86.0 cm³/mol. The molecule has 1 aromatic heterocycles. The summed E-state index contributed by atoms with van der Waals surface area (Å²) < 4.78 is 11.2. The SMILES string of the molecule is CCOc1ccc(-c2sc(C#N)c(N)c2C)cc1OCC. The van der Waals surface area contributed by atoms with Crippen LogP contribution in [0, 0.1) is 18.3 Å². The molecule has 1 heterocycles. The first-order valence-electron chi connectivity index (χ1n) is 6.81. The zero-order valence-corrected chi connectivity index (χ0v) is 13.2. The molecule has 2 rings (SSSR count). The third kappa shape index (κ3) is 2.96. The highest BCUT2D eigenvalue weighted by molar-refractivity contribution is 7.16. The van der Waals surface area contributed by atoms with E-state index in [4.69, 9.17) is 20.5 Å². The van der Waals surface area contributed by atoms with Gasteiger partial charge in [0.2, 0.25) is 0 Å². The van der Waals surface area contributed by atoms with Crippen LogP contribution in [0.4, 0.5) is 5.69 Å². The highest BCUT2D eigenvalue weighted by Crippen LogP contribution is 2.40. The zero-order chi connectivity index (χ0) is 15.4. The molecule has 0 amide bonds. The summed E-state index contributed by atoms with van der Waals surface area (Å²) in [6.07, 6.45) is 0. The average Bonchev–Trinajstić information content (AvgIpc) is 2.77. The summed E-state index contributed by atoms with van der Waals surface area (Å²) in [7, 11) is 0. The van der Waals surface area contributed by atoms with E-state index >= 15 is 0 Å². The Hall–Kier alpha value is -2.19. The Morgan fingerprint density at radius 3 is 2.43 bits per heavy atom. The van der Waals surface area contributed by atoms with Gasteiger partial charge in [0, 0.05) is 4.88 Å². The summed E-state index contributed by atoms with van der Waals surface area (Å²) in [6, 6.07) is 7.93. The van der Waals surface area contributed by atoms with Gasteiger partial charge in [-0.25, -0.2) is 0 Å². The van der Waals surface area contributed by atoms with E-state index in [0.29, 0.717) is 29.5 Å². The van der Waals surface area contributed by atoms with Crippen LogP contribution in [0.1, 0.15) is 24.3 Å². The lowest BCUT2D eigenvalue weighted by Crippen LogP contribution is -1.98. The van der Waals surface area contributed by atoms with Gasteiger partial charge < -0.3 is 15.2 Å². The number of nitrogen functional groups attached to an aromatic ring is 1. The van der Waals surface area contributed by atoms with E-state index in [9.17, 15) is 0 Å². The van der Waals surface area contributed by atoms with Crippen molar-refractivity contribution in [3.05, 3.63) is 28.6 Å². The van der Waals surface area contributed by atoms with Crippen LogP contribution < -0.4 is 15.2 Å². The zero-order valence-electron chi connectivity index (χ0n) is 12.4. The fourth-order valence-corrected chi connectivity index (χ4v) is 3.10. The number of ether oxygens (including phenoxy) is 2. The number of hydrogen-bond donors (Lipinski definition) is 1. The van der Waals surface area contributed by atoms with Crippen LogP contribution in [0.5, 0.6) is 11.5 Å². The molecule has 0 aliphatic carbocycles. The van der Waals surface area contributed by atoms with Gasteiger partial charge >= 0.3 is 0 Å². The first-order chi connectivity index (χ1) is 10.1. The molecule has 0 bridgehead atoms. The van der Waals surface area contributed by atoms with Gasteiger partial charge in [-0.15, -0.1) is 11.3 Å². The van der Waals surface area contributed by atoms with E-state index in [2.05, 4.69) is 6.07 Å². The van der Waals surface area contributed by atoms with Crippen molar-refractivity contribution >= 4 is 17.0 Å². The maximum absolute atomic E-state index is 9.09. The van der Waals surface area contributed by atoms with Gasteiger partial charge in [0.1, 0.15) is 10.9 Å². The van der Waals surface area contributed by atoms with E-state index in [1.807, 2.05) is 39.0 Å². The molecular formula is C16H18N2O2S. The largest absolute Gasteiger partial charge is 0.490 e. The van der Waals surface area contributed by atoms with Crippen molar-refractivity contribution < 1.29 is 9.47 Å². The molecule has 5 heteroatoms. The number of benzene rings is 1. The summed E-state index contributed by atoms with van der Waals surface area (Å²) in [5, 5.41) is 9.09. The van der Waals surface area contributed by atoms with Crippen LogP contribution >= 0.6 is 11.3 Å². The molecule has 0 atom stereocenters. The maximum atomic E-state index is 9.09. The second-order valence-electron chi connectivity index (χ2n) is 4.44. The van der Waals surface area contributed by atoms with Gasteiger partial charge in [-0.3, -0.25) is 0 Å². The fraction of sp³-hybridized carbons (Fsp3) is 0.312. The topological polar surface area (TPSA) is 68.3 Å². The highest BCUT2D eigenvalue weighted by Gasteiger charge is 2.15. The number of anilines is 1. The van der Waals surface area contributed by atoms with Gasteiger partial charge in [-0.2, -0.15) is 5.26 Å². The van der Waals surface area contributed by atoms with Crippen molar-refractivity contribution in [2.45, 2.75) is 20.8 Å². The number of rotatable bonds is 5. The average molecular weight is 302 g/mol. The minimum Gasteiger partial charge on any atom is -0.490 e. The molecule has 1 aromatic carbocycles. The maximum Gasteiger partial charge on any atom is 0.161 e. The first kappa shape index (κ1) is 15.2. The van der Waals surface area contributed by atoms with E-state index in [0.717, 1.165) is 21.8 Å². The molecule has 0 fully saturated rings. The van der Waals surface area contributed by atoms with Gasteiger partial charge in [0.15, 0.2) is 11.5 Å². The summed E-state index contributed by atoms with van der Waals surface area (Å²) in [4.78, 5) is 1.54. The van der Waals surface area contributed by atoms with E-state index in [-0.39, 0.29) is 0 Å². The van der Waals surface area contributed by atoms with Crippen LogP contribution in [-0.4, -0.2) is 13.2 Å². The van der Waals surface area contributed by atoms with Crippen molar-refractivity contribution in [1.82, 2.24) is 0 Å². The molecule has 0 aliphatic heterocycles. The normalized spacial score (nSPS) is 10.2. The Bertz CT molecular complexity index is 686. The van der Waals surface area contributed by atoms with E-state index < -0.39 is 0 Å².